The molecule has 1 aliphatic heterocycles. The fourth-order valence-electron chi connectivity index (χ4n) is 4.44. The normalized spacial score (nSPS) is 14.8. The van der Waals surface area contributed by atoms with Gasteiger partial charge in [0, 0.05) is 24.0 Å². The molecule has 37 heavy (non-hydrogen) atoms. The number of alkyl halides is 3. The summed E-state index contributed by atoms with van der Waals surface area (Å²) in [6.45, 7) is 7.71. The van der Waals surface area contributed by atoms with Crippen LogP contribution in [0.2, 0.25) is 0 Å². The number of anilines is 1. The third-order valence-electron chi connectivity index (χ3n) is 6.00. The molecule has 1 N–H and O–H groups in total. The zero-order valence-corrected chi connectivity index (χ0v) is 21.3. The molecule has 12 heteroatoms. The Labute approximate surface area is 211 Å². The molecule has 0 aromatic carbocycles. The summed E-state index contributed by atoms with van der Waals surface area (Å²) in [5.74, 6) is -0.568. The van der Waals surface area contributed by atoms with Gasteiger partial charge in [0.05, 0.1) is 41.5 Å². The summed E-state index contributed by atoms with van der Waals surface area (Å²) in [7, 11) is 1.42. The maximum Gasteiger partial charge on any atom is 0.408 e. The second kappa shape index (κ2) is 9.16. The average Bonchev–Trinajstić information content (AvgIpc) is 3.30. The van der Waals surface area contributed by atoms with Crippen LogP contribution in [-0.2, 0) is 12.1 Å². The van der Waals surface area contributed by atoms with E-state index in [9.17, 15) is 22.8 Å². The van der Waals surface area contributed by atoms with Gasteiger partial charge in [-0.15, -0.1) is 0 Å². The summed E-state index contributed by atoms with van der Waals surface area (Å²) in [5, 5.41) is 6.60. The van der Waals surface area contributed by atoms with Gasteiger partial charge in [0.2, 0.25) is 5.88 Å². The number of carbonyl (C=O) groups is 2. The van der Waals surface area contributed by atoms with Crippen molar-refractivity contribution in [2.75, 3.05) is 12.0 Å². The van der Waals surface area contributed by atoms with Crippen LogP contribution in [0.25, 0.3) is 11.3 Å². The van der Waals surface area contributed by atoms with Crippen molar-refractivity contribution in [3.63, 3.8) is 0 Å². The minimum Gasteiger partial charge on any atom is -0.480 e. The number of rotatable bonds is 6. The monoisotopic (exact) mass is 516 g/mol. The van der Waals surface area contributed by atoms with E-state index in [1.54, 1.807) is 32.9 Å². The first-order valence-electron chi connectivity index (χ1n) is 11.5. The molecule has 0 bridgehead atoms. The van der Waals surface area contributed by atoms with E-state index < -0.39 is 18.3 Å². The van der Waals surface area contributed by atoms with Gasteiger partial charge in [-0.1, -0.05) is 0 Å². The molecule has 3 aromatic rings. The highest BCUT2D eigenvalue weighted by molar-refractivity contribution is 6.12. The molecular weight excluding hydrogens is 489 g/mol. The lowest BCUT2D eigenvalue weighted by molar-refractivity contribution is -0.142. The van der Waals surface area contributed by atoms with Crippen LogP contribution >= 0.6 is 0 Å². The van der Waals surface area contributed by atoms with Crippen LogP contribution in [-0.4, -0.2) is 50.9 Å². The topological polar surface area (TPSA) is 102 Å². The SMILES string of the molecule is COc1ncc(-c2cc(C)c3c(n2)C(C)(C)N(c2cnn(CC(F)(F)F)c2)C3=O)cc1C(=O)NC(C)C. The zero-order chi connectivity index (χ0) is 27.3. The second-order valence-electron chi connectivity index (χ2n) is 9.67. The molecule has 2 amide bonds. The summed E-state index contributed by atoms with van der Waals surface area (Å²) < 4.78 is 44.5. The van der Waals surface area contributed by atoms with Gasteiger partial charge < -0.3 is 10.1 Å². The molecule has 0 saturated heterocycles. The molecule has 9 nitrogen and oxygen atoms in total. The van der Waals surface area contributed by atoms with Crippen molar-refractivity contribution in [3.8, 4) is 17.1 Å². The Bertz CT molecular complexity index is 1380. The van der Waals surface area contributed by atoms with Crippen LogP contribution in [0.3, 0.4) is 0 Å². The third-order valence-corrected chi connectivity index (χ3v) is 6.00. The van der Waals surface area contributed by atoms with E-state index in [-0.39, 0.29) is 35.0 Å². The average molecular weight is 517 g/mol. The van der Waals surface area contributed by atoms with E-state index in [1.807, 2.05) is 13.8 Å². The molecule has 0 saturated carbocycles. The first-order valence-corrected chi connectivity index (χ1v) is 11.5. The number of carbonyl (C=O) groups excluding carboxylic acids is 2. The fourth-order valence-corrected chi connectivity index (χ4v) is 4.44. The predicted molar refractivity (Wildman–Crippen MR) is 129 cm³/mol. The minimum absolute atomic E-state index is 0.0977. The first-order chi connectivity index (χ1) is 17.2. The number of halogens is 3. The van der Waals surface area contributed by atoms with Gasteiger partial charge >= 0.3 is 6.18 Å². The van der Waals surface area contributed by atoms with Crippen LogP contribution in [0.5, 0.6) is 5.88 Å². The lowest BCUT2D eigenvalue weighted by Gasteiger charge is -2.30. The molecule has 196 valence electrons. The molecule has 0 atom stereocenters. The van der Waals surface area contributed by atoms with E-state index in [2.05, 4.69) is 15.4 Å². The maximum absolute atomic E-state index is 13.5. The van der Waals surface area contributed by atoms with E-state index >= 15 is 0 Å². The number of pyridine rings is 2. The predicted octanol–water partition coefficient (Wildman–Crippen LogP) is 4.25. The van der Waals surface area contributed by atoms with Crippen molar-refractivity contribution < 1.29 is 27.5 Å². The van der Waals surface area contributed by atoms with E-state index in [0.717, 1.165) is 4.68 Å². The maximum atomic E-state index is 13.5. The van der Waals surface area contributed by atoms with E-state index in [4.69, 9.17) is 9.72 Å². The molecule has 0 radical (unpaired) electrons. The number of nitrogens with one attached hydrogen (secondary N) is 1. The quantitative estimate of drug-likeness (QED) is 0.526. The largest absolute Gasteiger partial charge is 0.480 e. The van der Waals surface area contributed by atoms with Crippen molar-refractivity contribution in [1.82, 2.24) is 25.1 Å². The zero-order valence-electron chi connectivity index (χ0n) is 21.3. The van der Waals surface area contributed by atoms with Crippen LogP contribution in [0.1, 0.15) is 59.7 Å². The Balaban J connectivity index is 1.76. The smallest absolute Gasteiger partial charge is 0.408 e. The van der Waals surface area contributed by atoms with Crippen LogP contribution < -0.4 is 15.0 Å². The van der Waals surface area contributed by atoms with Gasteiger partial charge in [-0.25, -0.2) is 9.97 Å². The lowest BCUT2D eigenvalue weighted by atomic mass is 9.96. The van der Waals surface area contributed by atoms with Gasteiger partial charge in [0.15, 0.2) is 0 Å². The van der Waals surface area contributed by atoms with Crippen molar-refractivity contribution in [1.29, 1.82) is 0 Å². The summed E-state index contributed by atoms with van der Waals surface area (Å²) in [6.07, 6.45) is -0.480. The van der Waals surface area contributed by atoms with Crippen LogP contribution in [0.4, 0.5) is 18.9 Å². The van der Waals surface area contributed by atoms with Crippen LogP contribution in [0, 0.1) is 6.92 Å². The number of amides is 2. The highest BCUT2D eigenvalue weighted by Gasteiger charge is 2.47. The van der Waals surface area contributed by atoms with Crippen molar-refractivity contribution >= 4 is 17.5 Å². The third kappa shape index (κ3) is 4.87. The van der Waals surface area contributed by atoms with Crippen molar-refractivity contribution in [2.24, 2.45) is 0 Å². The molecule has 0 unspecified atom stereocenters. The summed E-state index contributed by atoms with van der Waals surface area (Å²) in [4.78, 5) is 36.6. The number of hydrogen-bond donors (Lipinski definition) is 1. The molecule has 0 fully saturated rings. The van der Waals surface area contributed by atoms with Gasteiger partial charge in [0.1, 0.15) is 12.1 Å². The fraction of sp³-hybridized carbons (Fsp3) is 0.400. The van der Waals surface area contributed by atoms with E-state index in [0.29, 0.717) is 28.1 Å². The van der Waals surface area contributed by atoms with Gasteiger partial charge in [0.25, 0.3) is 11.8 Å². The van der Waals surface area contributed by atoms with E-state index in [1.165, 1.54) is 30.6 Å². The Morgan fingerprint density at radius 2 is 1.92 bits per heavy atom. The number of fused-ring (bicyclic) bond motifs is 1. The summed E-state index contributed by atoms with van der Waals surface area (Å²) in [6, 6.07) is 3.25. The van der Waals surface area contributed by atoms with Gasteiger partial charge in [-0.3, -0.25) is 19.2 Å². The number of hydrogen-bond acceptors (Lipinski definition) is 6. The number of methoxy groups -OCH3 is 1. The number of aromatic nitrogens is 4. The standard InChI is InChI=1S/C25H27F3N6O3/c1-13(2)31-21(35)17-8-15(9-29-22(17)37-6)18-7-14(3)19-20(32-18)24(4,5)34(23(19)36)16-10-30-33(11-16)12-25(26,27)28/h7-11,13H,12H2,1-6H3,(H,31,35). The number of aryl methyl sites for hydroxylation is 1. The summed E-state index contributed by atoms with van der Waals surface area (Å²) in [5.41, 5.74) is 1.97. The molecular formula is C25H27F3N6O3. The Hall–Kier alpha value is -3.96. The molecule has 0 aliphatic carbocycles. The molecule has 4 heterocycles. The lowest BCUT2D eigenvalue weighted by Crippen LogP contribution is -2.39. The number of nitrogens with zero attached hydrogens (tertiary/aromatic N) is 5. The Morgan fingerprint density at radius 3 is 2.54 bits per heavy atom. The molecule has 1 aliphatic rings. The molecule has 3 aromatic heterocycles. The second-order valence-corrected chi connectivity index (χ2v) is 9.67. The van der Waals surface area contributed by atoms with Crippen LogP contribution in [0.15, 0.2) is 30.7 Å². The highest BCUT2D eigenvalue weighted by Crippen LogP contribution is 2.43. The first kappa shape index (κ1) is 26.1. The van der Waals surface area contributed by atoms with Gasteiger partial charge in [-0.05, 0) is 52.3 Å². The minimum atomic E-state index is -4.44. The summed E-state index contributed by atoms with van der Waals surface area (Å²) >= 11 is 0. The van der Waals surface area contributed by atoms with Crippen molar-refractivity contribution in [3.05, 3.63) is 53.1 Å². The van der Waals surface area contributed by atoms with Gasteiger partial charge in [-0.2, -0.15) is 18.3 Å². The Morgan fingerprint density at radius 1 is 1.22 bits per heavy atom. The molecule has 0 spiro atoms. The Kier molecular flexibility index (Phi) is 6.47. The van der Waals surface area contributed by atoms with Crippen molar-refractivity contribution in [2.45, 2.75) is 58.9 Å². The highest BCUT2D eigenvalue weighted by atomic mass is 19.4. The molecule has 4 rings (SSSR count). The number of ether oxygens (including phenoxy) is 1.